The van der Waals surface area contributed by atoms with Crippen molar-refractivity contribution in [2.45, 2.75) is 34.6 Å². The molecule has 2 aromatic carbocycles. The van der Waals surface area contributed by atoms with Crippen LogP contribution in [0.25, 0.3) is 16.7 Å². The minimum atomic E-state index is 1.13. The van der Waals surface area contributed by atoms with Crippen LogP contribution in [0.5, 0.6) is 0 Å². The third-order valence-corrected chi connectivity index (χ3v) is 4.14. The summed E-state index contributed by atoms with van der Waals surface area (Å²) in [5.74, 6) is 0. The Morgan fingerprint density at radius 3 is 2.05 bits per heavy atom. The lowest BCUT2D eigenvalue weighted by Crippen LogP contribution is -1.95. The van der Waals surface area contributed by atoms with Gasteiger partial charge in [0.25, 0.3) is 0 Å². The highest BCUT2D eigenvalue weighted by Crippen LogP contribution is 2.32. The number of hydrogen-bond acceptors (Lipinski definition) is 0. The predicted octanol–water partition coefficient (Wildman–Crippen LogP) is 5.62. The van der Waals surface area contributed by atoms with E-state index in [1.807, 2.05) is 0 Å². The topological polar surface area (TPSA) is 0 Å². The van der Waals surface area contributed by atoms with Gasteiger partial charge in [-0.25, -0.2) is 0 Å². The van der Waals surface area contributed by atoms with Gasteiger partial charge in [-0.3, -0.25) is 0 Å². The van der Waals surface area contributed by atoms with Crippen molar-refractivity contribution < 1.29 is 0 Å². The first kappa shape index (κ1) is 13.6. The molecular formula is C19H22. The Hall–Kier alpha value is -1.82. The lowest BCUT2D eigenvalue weighted by molar-refractivity contribution is 1.29. The molecule has 0 nitrogen and oxygen atoms in total. The second kappa shape index (κ2) is 5.05. The second-order valence-electron chi connectivity index (χ2n) is 5.44. The van der Waals surface area contributed by atoms with Gasteiger partial charge >= 0.3 is 0 Å². The second-order valence-corrected chi connectivity index (χ2v) is 5.44. The lowest BCUT2D eigenvalue weighted by Gasteiger charge is -2.16. The summed E-state index contributed by atoms with van der Waals surface area (Å²) in [4.78, 5) is 0. The Bertz CT molecular complexity index is 645. The maximum Gasteiger partial charge on any atom is -0.0149 e. The standard InChI is InChI=1S/C19H22/c1-12(2)17-10-11-19(16(6)15(17)5)18-9-7-8-13(3)14(18)4/h7-11H,1H2,2-6H3. The number of hydrogen-bond donors (Lipinski definition) is 0. The first-order chi connectivity index (χ1) is 8.93. The molecule has 2 aromatic rings. The first-order valence-electron chi connectivity index (χ1n) is 6.76. The molecule has 0 radical (unpaired) electrons. The quantitative estimate of drug-likeness (QED) is 0.649. The fourth-order valence-electron chi connectivity index (χ4n) is 2.62. The zero-order valence-electron chi connectivity index (χ0n) is 12.6. The average molecular weight is 250 g/mol. The molecule has 0 N–H and O–H groups in total. The normalized spacial score (nSPS) is 10.6. The third kappa shape index (κ3) is 2.35. The highest BCUT2D eigenvalue weighted by atomic mass is 14.1. The van der Waals surface area contributed by atoms with E-state index in [1.54, 1.807) is 0 Å². The SMILES string of the molecule is C=C(C)c1ccc(-c2cccc(C)c2C)c(C)c1C. The van der Waals surface area contributed by atoms with Crippen LogP contribution in [-0.4, -0.2) is 0 Å². The van der Waals surface area contributed by atoms with Crippen LogP contribution in [0.1, 0.15) is 34.7 Å². The van der Waals surface area contributed by atoms with Gasteiger partial charge in [-0.1, -0.05) is 42.5 Å². The van der Waals surface area contributed by atoms with Crippen molar-refractivity contribution in [3.8, 4) is 11.1 Å². The van der Waals surface area contributed by atoms with Gasteiger partial charge in [-0.2, -0.15) is 0 Å². The Morgan fingerprint density at radius 1 is 0.789 bits per heavy atom. The molecule has 0 saturated heterocycles. The van der Waals surface area contributed by atoms with Crippen LogP contribution in [-0.2, 0) is 0 Å². The van der Waals surface area contributed by atoms with E-state index < -0.39 is 0 Å². The van der Waals surface area contributed by atoms with Gasteiger partial charge in [0.1, 0.15) is 0 Å². The van der Waals surface area contributed by atoms with E-state index in [0.717, 1.165) is 5.57 Å². The zero-order chi connectivity index (χ0) is 14.2. The van der Waals surface area contributed by atoms with E-state index in [4.69, 9.17) is 0 Å². The minimum Gasteiger partial charge on any atom is -0.0955 e. The molecule has 98 valence electrons. The summed E-state index contributed by atoms with van der Waals surface area (Å²) in [6, 6.07) is 10.9. The van der Waals surface area contributed by atoms with Crippen LogP contribution in [0, 0.1) is 27.7 Å². The van der Waals surface area contributed by atoms with Crippen molar-refractivity contribution in [2.75, 3.05) is 0 Å². The molecule has 0 heterocycles. The van der Waals surface area contributed by atoms with E-state index in [-0.39, 0.29) is 0 Å². The molecule has 19 heavy (non-hydrogen) atoms. The van der Waals surface area contributed by atoms with Crippen LogP contribution in [0.4, 0.5) is 0 Å². The Morgan fingerprint density at radius 2 is 1.42 bits per heavy atom. The summed E-state index contributed by atoms with van der Waals surface area (Å²) in [7, 11) is 0. The molecule has 0 aliphatic rings. The van der Waals surface area contributed by atoms with Crippen LogP contribution in [0.15, 0.2) is 36.9 Å². The van der Waals surface area contributed by atoms with Gasteiger partial charge in [0.15, 0.2) is 0 Å². The highest BCUT2D eigenvalue weighted by molar-refractivity contribution is 5.76. The van der Waals surface area contributed by atoms with Crippen LogP contribution in [0.2, 0.25) is 0 Å². The van der Waals surface area contributed by atoms with Gasteiger partial charge in [0.05, 0.1) is 0 Å². The number of allylic oxidation sites excluding steroid dienone is 1. The van der Waals surface area contributed by atoms with E-state index in [1.165, 1.54) is 38.9 Å². The largest absolute Gasteiger partial charge is 0.0955 e. The average Bonchev–Trinajstić information content (AvgIpc) is 2.36. The predicted molar refractivity (Wildman–Crippen MR) is 85.5 cm³/mol. The summed E-state index contributed by atoms with van der Waals surface area (Å²) in [5, 5.41) is 0. The smallest absolute Gasteiger partial charge is 0.0149 e. The fourth-order valence-corrected chi connectivity index (χ4v) is 2.62. The van der Waals surface area contributed by atoms with Crippen molar-refractivity contribution in [3.63, 3.8) is 0 Å². The van der Waals surface area contributed by atoms with Gasteiger partial charge in [0.2, 0.25) is 0 Å². The monoisotopic (exact) mass is 250 g/mol. The molecule has 0 aliphatic carbocycles. The maximum absolute atomic E-state index is 4.06. The van der Waals surface area contributed by atoms with Crippen molar-refractivity contribution in [2.24, 2.45) is 0 Å². The molecule has 0 aromatic heterocycles. The molecule has 0 fully saturated rings. The van der Waals surface area contributed by atoms with E-state index in [9.17, 15) is 0 Å². The van der Waals surface area contributed by atoms with Crippen molar-refractivity contribution in [3.05, 3.63) is 64.7 Å². The Kier molecular flexibility index (Phi) is 3.61. The molecule has 0 spiro atoms. The summed E-state index contributed by atoms with van der Waals surface area (Å²) < 4.78 is 0. The molecule has 0 amide bonds. The highest BCUT2D eigenvalue weighted by Gasteiger charge is 2.10. The van der Waals surface area contributed by atoms with E-state index >= 15 is 0 Å². The third-order valence-electron chi connectivity index (χ3n) is 4.14. The zero-order valence-corrected chi connectivity index (χ0v) is 12.6. The van der Waals surface area contributed by atoms with Crippen LogP contribution < -0.4 is 0 Å². The maximum atomic E-state index is 4.06. The number of benzene rings is 2. The molecule has 0 aliphatic heterocycles. The van der Waals surface area contributed by atoms with E-state index in [2.05, 4.69) is 71.5 Å². The summed E-state index contributed by atoms with van der Waals surface area (Å²) >= 11 is 0. The Labute approximate surface area is 116 Å². The van der Waals surface area contributed by atoms with Gasteiger partial charge in [0, 0.05) is 0 Å². The summed E-state index contributed by atoms with van der Waals surface area (Å²) in [5.41, 5.74) is 10.5. The summed E-state index contributed by atoms with van der Waals surface area (Å²) in [6.07, 6.45) is 0. The van der Waals surface area contributed by atoms with E-state index in [0.29, 0.717) is 0 Å². The first-order valence-corrected chi connectivity index (χ1v) is 6.76. The van der Waals surface area contributed by atoms with Crippen LogP contribution in [0.3, 0.4) is 0 Å². The lowest BCUT2D eigenvalue weighted by atomic mass is 9.89. The molecule has 0 unspecified atom stereocenters. The van der Waals surface area contributed by atoms with Gasteiger partial charge in [-0.05, 0) is 73.6 Å². The molecule has 0 bridgehead atoms. The van der Waals surface area contributed by atoms with Gasteiger partial charge < -0.3 is 0 Å². The molecule has 0 atom stereocenters. The Balaban J connectivity index is 2.68. The molecule has 0 heteroatoms. The number of rotatable bonds is 2. The molecule has 2 rings (SSSR count). The van der Waals surface area contributed by atoms with Crippen molar-refractivity contribution in [1.82, 2.24) is 0 Å². The van der Waals surface area contributed by atoms with Crippen molar-refractivity contribution in [1.29, 1.82) is 0 Å². The van der Waals surface area contributed by atoms with Crippen LogP contribution >= 0.6 is 0 Å². The summed E-state index contributed by atoms with van der Waals surface area (Å²) in [6.45, 7) is 14.9. The number of aryl methyl sites for hydroxylation is 1. The minimum absolute atomic E-state index is 1.13. The van der Waals surface area contributed by atoms with Gasteiger partial charge in [-0.15, -0.1) is 0 Å². The molecule has 0 saturated carbocycles. The van der Waals surface area contributed by atoms with Crippen molar-refractivity contribution >= 4 is 5.57 Å². The fraction of sp³-hybridized carbons (Fsp3) is 0.263. The molecular weight excluding hydrogens is 228 g/mol.